The number of nitrogens with zero attached hydrogens (tertiary/aromatic N) is 1. The second kappa shape index (κ2) is 13.8. The molecular formula is C34H41N3O4. The number of terminal acetylenes is 1. The van der Waals surface area contributed by atoms with Crippen LogP contribution in [0.25, 0.3) is 10.8 Å². The normalized spacial score (nSPS) is 12.7. The first-order valence-electron chi connectivity index (χ1n) is 14.1. The number of carbonyl (C=O) groups is 3. The predicted molar refractivity (Wildman–Crippen MR) is 164 cm³/mol. The largest absolute Gasteiger partial charge is 0.444 e. The minimum atomic E-state index is -0.962. The summed E-state index contributed by atoms with van der Waals surface area (Å²) >= 11 is 0. The lowest BCUT2D eigenvalue weighted by molar-refractivity contribution is -0.141. The number of hydrogen-bond donors (Lipinski definition) is 2. The molecule has 0 heterocycles. The fourth-order valence-corrected chi connectivity index (χ4v) is 4.66. The first-order chi connectivity index (χ1) is 19.4. The molecule has 2 atom stereocenters. The molecule has 216 valence electrons. The van der Waals surface area contributed by atoms with E-state index in [1.165, 1.54) is 0 Å². The van der Waals surface area contributed by atoms with Gasteiger partial charge in [-0.1, -0.05) is 69.2 Å². The first-order valence-corrected chi connectivity index (χ1v) is 14.1. The lowest BCUT2D eigenvalue weighted by Gasteiger charge is -2.35. The van der Waals surface area contributed by atoms with Crippen LogP contribution in [0.4, 0.5) is 10.5 Å². The zero-order chi connectivity index (χ0) is 30.2. The van der Waals surface area contributed by atoms with Crippen LogP contribution in [-0.4, -0.2) is 41.0 Å². The Hall–Kier alpha value is -4.31. The van der Waals surface area contributed by atoms with E-state index in [0.29, 0.717) is 36.2 Å². The van der Waals surface area contributed by atoms with Crippen molar-refractivity contribution < 1.29 is 19.1 Å². The molecule has 7 nitrogen and oxygen atoms in total. The molecule has 2 unspecified atom stereocenters. The van der Waals surface area contributed by atoms with Gasteiger partial charge in [-0.25, -0.2) is 4.79 Å². The Labute approximate surface area is 243 Å². The van der Waals surface area contributed by atoms with Crippen molar-refractivity contribution in [3.05, 3.63) is 77.9 Å². The molecule has 0 saturated carbocycles. The minimum absolute atomic E-state index is 0.0992. The minimum Gasteiger partial charge on any atom is -0.444 e. The quantitative estimate of drug-likeness (QED) is 0.273. The number of anilines is 1. The number of alkyl carbamates (subject to hydrolysis) is 1. The predicted octanol–water partition coefficient (Wildman–Crippen LogP) is 6.68. The highest BCUT2D eigenvalue weighted by Crippen LogP contribution is 2.27. The zero-order valence-electron chi connectivity index (χ0n) is 24.9. The van der Waals surface area contributed by atoms with Crippen LogP contribution in [0.1, 0.15) is 71.6 Å². The van der Waals surface area contributed by atoms with Crippen molar-refractivity contribution in [2.75, 3.05) is 11.9 Å². The lowest BCUT2D eigenvalue weighted by atomic mass is 9.98. The summed E-state index contributed by atoms with van der Waals surface area (Å²) in [4.78, 5) is 42.5. The van der Waals surface area contributed by atoms with E-state index in [1.807, 2.05) is 63.2 Å². The molecule has 41 heavy (non-hydrogen) atoms. The summed E-state index contributed by atoms with van der Waals surface area (Å²) in [5, 5.41) is 7.83. The van der Waals surface area contributed by atoms with E-state index in [4.69, 9.17) is 11.2 Å². The van der Waals surface area contributed by atoms with Crippen molar-refractivity contribution in [1.82, 2.24) is 10.2 Å². The Bertz CT molecular complexity index is 1400. The number of rotatable bonds is 10. The van der Waals surface area contributed by atoms with E-state index in [2.05, 4.69) is 16.6 Å². The van der Waals surface area contributed by atoms with Gasteiger partial charge in [0.2, 0.25) is 5.91 Å². The second-order valence-electron chi connectivity index (χ2n) is 11.6. The first kappa shape index (κ1) is 31.2. The second-order valence-corrected chi connectivity index (χ2v) is 11.6. The van der Waals surface area contributed by atoms with Gasteiger partial charge in [-0.15, -0.1) is 6.42 Å². The molecule has 0 fully saturated rings. The highest BCUT2D eigenvalue weighted by atomic mass is 16.6. The van der Waals surface area contributed by atoms with Crippen LogP contribution in [0.15, 0.2) is 66.7 Å². The van der Waals surface area contributed by atoms with Gasteiger partial charge in [0.05, 0.1) is 0 Å². The third kappa shape index (κ3) is 8.84. The summed E-state index contributed by atoms with van der Waals surface area (Å²) in [6, 6.07) is 18.8. The van der Waals surface area contributed by atoms with Gasteiger partial charge in [0.25, 0.3) is 5.91 Å². The molecule has 0 aliphatic rings. The molecule has 3 aromatic carbocycles. The van der Waals surface area contributed by atoms with Gasteiger partial charge in [-0.3, -0.25) is 9.59 Å². The van der Waals surface area contributed by atoms with Gasteiger partial charge >= 0.3 is 6.09 Å². The SMILES string of the molecule is C#Cc1ccc(C(C(=O)Nc2ccc3ccccc3c2)N(CCC)C(=O)C(CC(C)C)NC(=O)OC(C)(C)C)cc1. The van der Waals surface area contributed by atoms with Gasteiger partial charge in [-0.2, -0.15) is 0 Å². The number of amides is 3. The third-order valence-corrected chi connectivity index (χ3v) is 6.41. The molecule has 0 radical (unpaired) electrons. The van der Waals surface area contributed by atoms with E-state index >= 15 is 0 Å². The maximum atomic E-state index is 14.2. The molecule has 0 aromatic heterocycles. The maximum Gasteiger partial charge on any atom is 0.408 e. The highest BCUT2D eigenvalue weighted by Gasteiger charge is 2.36. The van der Waals surface area contributed by atoms with Crippen molar-refractivity contribution in [2.24, 2.45) is 5.92 Å². The summed E-state index contributed by atoms with van der Waals surface area (Å²) < 4.78 is 5.45. The van der Waals surface area contributed by atoms with Gasteiger partial charge in [0.1, 0.15) is 17.7 Å². The summed E-state index contributed by atoms with van der Waals surface area (Å²) in [6.07, 6.45) is 5.88. The summed E-state index contributed by atoms with van der Waals surface area (Å²) in [5.41, 5.74) is 1.18. The van der Waals surface area contributed by atoms with Crippen molar-refractivity contribution in [1.29, 1.82) is 0 Å². The van der Waals surface area contributed by atoms with Gasteiger partial charge in [0, 0.05) is 17.8 Å². The number of nitrogens with one attached hydrogen (secondary N) is 2. The van der Waals surface area contributed by atoms with Crippen LogP contribution in [0, 0.1) is 18.3 Å². The maximum absolute atomic E-state index is 14.2. The van der Waals surface area contributed by atoms with Crippen molar-refractivity contribution >= 4 is 34.4 Å². The number of fused-ring (bicyclic) bond motifs is 1. The molecule has 3 aromatic rings. The molecule has 0 aliphatic carbocycles. The van der Waals surface area contributed by atoms with Gasteiger partial charge < -0.3 is 20.3 Å². The van der Waals surface area contributed by atoms with E-state index in [1.54, 1.807) is 49.9 Å². The van der Waals surface area contributed by atoms with E-state index < -0.39 is 23.8 Å². The van der Waals surface area contributed by atoms with Crippen molar-refractivity contribution in [3.63, 3.8) is 0 Å². The van der Waals surface area contributed by atoms with Crippen LogP contribution < -0.4 is 10.6 Å². The van der Waals surface area contributed by atoms with Crippen LogP contribution in [0.2, 0.25) is 0 Å². The van der Waals surface area contributed by atoms with Crippen molar-refractivity contribution in [2.45, 2.75) is 72.1 Å². The van der Waals surface area contributed by atoms with Crippen molar-refractivity contribution in [3.8, 4) is 12.3 Å². The van der Waals surface area contributed by atoms with Crippen LogP contribution in [0.5, 0.6) is 0 Å². The molecule has 3 rings (SSSR count). The summed E-state index contributed by atoms with van der Waals surface area (Å²) in [5.74, 6) is 1.97. The van der Waals surface area contributed by atoms with E-state index in [0.717, 1.165) is 10.8 Å². The monoisotopic (exact) mass is 555 g/mol. The Morgan fingerprint density at radius 2 is 1.63 bits per heavy atom. The zero-order valence-corrected chi connectivity index (χ0v) is 24.9. The average molecular weight is 556 g/mol. The Morgan fingerprint density at radius 3 is 2.22 bits per heavy atom. The summed E-state index contributed by atoms with van der Waals surface area (Å²) in [7, 11) is 0. The molecular weight excluding hydrogens is 514 g/mol. The van der Waals surface area contributed by atoms with E-state index in [-0.39, 0.29) is 17.7 Å². The number of carbonyl (C=O) groups excluding carboxylic acids is 3. The van der Waals surface area contributed by atoms with Crippen LogP contribution in [0.3, 0.4) is 0 Å². The molecule has 3 amide bonds. The molecule has 0 saturated heterocycles. The average Bonchev–Trinajstić information content (AvgIpc) is 2.91. The Balaban J connectivity index is 2.01. The highest BCUT2D eigenvalue weighted by molar-refractivity contribution is 6.00. The van der Waals surface area contributed by atoms with E-state index in [9.17, 15) is 14.4 Å². The standard InChI is InChI=1S/C34H41N3O4/c1-8-20-37(32(39)29(21-23(3)4)36-33(40)41-34(5,6)7)30(26-16-14-24(9-2)15-17-26)31(38)35-28-19-18-25-12-10-11-13-27(25)22-28/h2,10-19,22-23,29-30H,8,20-21H2,1,3-7H3,(H,35,38)(H,36,40). The van der Waals surface area contributed by atoms with Crippen LogP contribution in [-0.2, 0) is 14.3 Å². The Kier molecular flexibility index (Phi) is 10.5. The molecule has 7 heteroatoms. The summed E-state index contributed by atoms with van der Waals surface area (Å²) in [6.45, 7) is 11.5. The van der Waals surface area contributed by atoms with Gasteiger partial charge in [0.15, 0.2) is 0 Å². The number of benzene rings is 3. The third-order valence-electron chi connectivity index (χ3n) is 6.41. The lowest BCUT2D eigenvalue weighted by Crippen LogP contribution is -2.53. The molecule has 0 spiro atoms. The molecule has 0 bridgehead atoms. The topological polar surface area (TPSA) is 87.7 Å². The van der Waals surface area contributed by atoms with Gasteiger partial charge in [-0.05, 0) is 80.1 Å². The fraction of sp³-hybridized carbons (Fsp3) is 0.382. The smallest absolute Gasteiger partial charge is 0.408 e. The number of hydrogen-bond acceptors (Lipinski definition) is 4. The molecule has 0 aliphatic heterocycles. The van der Waals surface area contributed by atoms with Crippen LogP contribution >= 0.6 is 0 Å². The fourth-order valence-electron chi connectivity index (χ4n) is 4.66. The molecule has 2 N–H and O–H groups in total. The number of ether oxygens (including phenoxy) is 1. The Morgan fingerprint density at radius 1 is 0.976 bits per heavy atom.